The van der Waals surface area contributed by atoms with Gasteiger partial charge in [-0.05, 0) is 24.3 Å². The van der Waals surface area contributed by atoms with Crippen molar-refractivity contribution in [3.05, 3.63) is 42.9 Å². The van der Waals surface area contributed by atoms with Gasteiger partial charge in [0.2, 0.25) is 0 Å². The Morgan fingerprint density at radius 2 is 1.89 bits per heavy atom. The van der Waals surface area contributed by atoms with Crippen molar-refractivity contribution < 1.29 is 13.2 Å². The number of nitrogens with zero attached hydrogens (tertiary/aromatic N) is 6. The van der Waals surface area contributed by atoms with Gasteiger partial charge in [-0.1, -0.05) is 5.21 Å². The van der Waals surface area contributed by atoms with E-state index in [0.717, 1.165) is 5.39 Å². The minimum atomic E-state index is -3.90. The van der Waals surface area contributed by atoms with Crippen molar-refractivity contribution in [2.24, 2.45) is 14.1 Å². The molecule has 0 aliphatic rings. The lowest BCUT2D eigenvalue weighted by Crippen LogP contribution is -2.15. The fourth-order valence-electron chi connectivity index (χ4n) is 2.87. The Morgan fingerprint density at radius 1 is 1.07 bits per heavy atom. The van der Waals surface area contributed by atoms with E-state index in [2.05, 4.69) is 25.1 Å². The van der Waals surface area contributed by atoms with E-state index in [0.29, 0.717) is 28.3 Å². The van der Waals surface area contributed by atoms with Crippen LogP contribution in [0.15, 0.2) is 47.8 Å². The van der Waals surface area contributed by atoms with E-state index in [9.17, 15) is 8.42 Å². The van der Waals surface area contributed by atoms with Crippen LogP contribution in [0.1, 0.15) is 0 Å². The molecule has 0 aliphatic carbocycles. The molecule has 1 aromatic carbocycles. The molecule has 4 rings (SSSR count). The minimum absolute atomic E-state index is 0.0152. The smallest absolute Gasteiger partial charge is 0.263 e. The Hall–Kier alpha value is -3.47. The number of fused-ring (bicyclic) bond motifs is 1. The first kappa shape index (κ1) is 17.9. The summed E-state index contributed by atoms with van der Waals surface area (Å²) in [6, 6.07) is 6.56. The summed E-state index contributed by atoms with van der Waals surface area (Å²) in [5.41, 5.74) is 2.02. The third-order valence-corrected chi connectivity index (χ3v) is 5.57. The molecule has 0 unspecified atom stereocenters. The maximum Gasteiger partial charge on any atom is 0.263 e. The number of anilines is 1. The molecule has 144 valence electrons. The first-order valence-electron chi connectivity index (χ1n) is 8.23. The maximum absolute atomic E-state index is 12.9. The van der Waals surface area contributed by atoms with Crippen LogP contribution in [0, 0.1) is 0 Å². The monoisotopic (exact) mass is 399 g/mol. The molecule has 3 aromatic heterocycles. The maximum atomic E-state index is 12.9. The van der Waals surface area contributed by atoms with Crippen LogP contribution in [0.25, 0.3) is 22.3 Å². The number of aryl methyl sites for hydroxylation is 2. The number of ether oxygens (including phenoxy) is 1. The van der Waals surface area contributed by atoms with E-state index >= 15 is 0 Å². The largest absolute Gasteiger partial charge is 0.494 e. The van der Waals surface area contributed by atoms with Crippen molar-refractivity contribution in [3.8, 4) is 17.1 Å². The highest BCUT2D eigenvalue weighted by Gasteiger charge is 2.21. The first-order chi connectivity index (χ1) is 13.4. The highest BCUT2D eigenvalue weighted by atomic mass is 32.2. The summed E-state index contributed by atoms with van der Waals surface area (Å²) < 4.78 is 36.9. The zero-order valence-electron chi connectivity index (χ0n) is 15.4. The number of benzene rings is 1. The number of nitrogens with one attached hydrogen (secondary N) is 1. The summed E-state index contributed by atoms with van der Waals surface area (Å²) in [6.45, 7) is 0. The second kappa shape index (κ2) is 6.60. The van der Waals surface area contributed by atoms with Gasteiger partial charge in [-0.2, -0.15) is 5.10 Å². The second-order valence-corrected chi connectivity index (χ2v) is 7.79. The summed E-state index contributed by atoms with van der Waals surface area (Å²) in [5, 5.41) is 12.8. The lowest BCUT2D eigenvalue weighted by Gasteiger charge is -2.13. The topological polar surface area (TPSA) is 117 Å². The van der Waals surface area contributed by atoms with Gasteiger partial charge in [0.15, 0.2) is 0 Å². The molecule has 0 fully saturated rings. The molecule has 0 amide bonds. The predicted octanol–water partition coefficient (Wildman–Crippen LogP) is 1.57. The zero-order valence-corrected chi connectivity index (χ0v) is 16.2. The van der Waals surface area contributed by atoms with Gasteiger partial charge in [0.25, 0.3) is 10.0 Å². The lowest BCUT2D eigenvalue weighted by molar-refractivity contribution is 0.417. The third-order valence-electron chi connectivity index (χ3n) is 4.23. The van der Waals surface area contributed by atoms with Gasteiger partial charge in [-0.25, -0.2) is 8.42 Å². The molecule has 0 aliphatic heterocycles. The van der Waals surface area contributed by atoms with Crippen molar-refractivity contribution in [3.63, 3.8) is 0 Å². The van der Waals surface area contributed by atoms with E-state index in [1.165, 1.54) is 19.4 Å². The number of hydrogen-bond acceptors (Lipinski definition) is 7. The highest BCUT2D eigenvalue weighted by Crippen LogP contribution is 2.34. The fourth-order valence-corrected chi connectivity index (χ4v) is 3.89. The number of methoxy groups -OCH3 is 1. The summed E-state index contributed by atoms with van der Waals surface area (Å²) in [5.74, 6) is 0.392. The Bertz CT molecular complexity index is 1260. The van der Waals surface area contributed by atoms with Gasteiger partial charge >= 0.3 is 0 Å². The van der Waals surface area contributed by atoms with Crippen LogP contribution < -0.4 is 9.46 Å². The van der Waals surface area contributed by atoms with Crippen molar-refractivity contribution in [1.82, 2.24) is 29.8 Å². The molecule has 1 N–H and O–H groups in total. The molecule has 3 heterocycles. The zero-order chi connectivity index (χ0) is 19.9. The van der Waals surface area contributed by atoms with Gasteiger partial charge in [-0.3, -0.25) is 19.1 Å². The molecule has 0 bridgehead atoms. The summed E-state index contributed by atoms with van der Waals surface area (Å²) >= 11 is 0. The van der Waals surface area contributed by atoms with Crippen LogP contribution in [0.2, 0.25) is 0 Å². The van der Waals surface area contributed by atoms with Crippen molar-refractivity contribution >= 4 is 26.6 Å². The molecule has 4 aromatic rings. The lowest BCUT2D eigenvalue weighted by atomic mass is 10.2. The number of pyridine rings is 1. The number of hydrogen-bond donors (Lipinski definition) is 1. The van der Waals surface area contributed by atoms with Crippen LogP contribution in [-0.4, -0.2) is 45.3 Å². The Balaban J connectivity index is 1.72. The van der Waals surface area contributed by atoms with Gasteiger partial charge in [-0.15, -0.1) is 5.10 Å². The standard InChI is InChI=1S/C17H17N7O3S/c1-23-10-14(20-22-23)13-6-5-12(9-18-13)28(25,26)21-16-15(27-3)7-4-11-8-19-24(2)17(11)16/h4-10,21H,1-3H3. The van der Waals surface area contributed by atoms with Crippen molar-refractivity contribution in [2.45, 2.75) is 4.90 Å². The average molecular weight is 399 g/mol. The Morgan fingerprint density at radius 3 is 2.54 bits per heavy atom. The average Bonchev–Trinajstić information content (AvgIpc) is 3.28. The van der Waals surface area contributed by atoms with Gasteiger partial charge in [0.1, 0.15) is 22.0 Å². The minimum Gasteiger partial charge on any atom is -0.494 e. The summed E-state index contributed by atoms with van der Waals surface area (Å²) in [6.07, 6.45) is 4.63. The van der Waals surface area contributed by atoms with Crippen molar-refractivity contribution in [1.29, 1.82) is 0 Å². The SMILES string of the molecule is COc1ccc2cnn(C)c2c1NS(=O)(=O)c1ccc(-c2cn(C)nn2)nc1. The highest BCUT2D eigenvalue weighted by molar-refractivity contribution is 7.92. The van der Waals surface area contributed by atoms with Crippen LogP contribution in [-0.2, 0) is 24.1 Å². The molecule has 0 atom stereocenters. The van der Waals surface area contributed by atoms with Crippen LogP contribution in [0.4, 0.5) is 5.69 Å². The quantitative estimate of drug-likeness (QED) is 0.541. The van der Waals surface area contributed by atoms with Gasteiger partial charge in [0.05, 0.1) is 30.7 Å². The molecule has 0 radical (unpaired) electrons. The molecule has 0 spiro atoms. The first-order valence-corrected chi connectivity index (χ1v) is 9.71. The predicted molar refractivity (Wildman–Crippen MR) is 102 cm³/mol. The van der Waals surface area contributed by atoms with E-state index in [-0.39, 0.29) is 4.90 Å². The Labute approximate surface area is 160 Å². The summed E-state index contributed by atoms with van der Waals surface area (Å²) in [4.78, 5) is 4.21. The second-order valence-electron chi connectivity index (χ2n) is 6.11. The molecular formula is C17H17N7O3S. The normalized spacial score (nSPS) is 11.7. The summed E-state index contributed by atoms with van der Waals surface area (Å²) in [7, 11) is 1.05. The molecule has 0 saturated heterocycles. The third kappa shape index (κ3) is 3.05. The van der Waals surface area contributed by atoms with Gasteiger partial charge in [0, 0.05) is 25.7 Å². The molecular weight excluding hydrogens is 382 g/mol. The van der Waals surface area contributed by atoms with Crippen LogP contribution in [0.5, 0.6) is 5.75 Å². The van der Waals surface area contributed by atoms with Crippen molar-refractivity contribution in [2.75, 3.05) is 11.8 Å². The molecule has 11 heteroatoms. The van der Waals surface area contributed by atoms with Crippen LogP contribution in [0.3, 0.4) is 0 Å². The number of sulfonamides is 1. The molecule has 0 saturated carbocycles. The van der Waals surface area contributed by atoms with E-state index in [4.69, 9.17) is 4.74 Å². The molecule has 28 heavy (non-hydrogen) atoms. The number of aromatic nitrogens is 6. The number of rotatable bonds is 5. The molecule has 10 nitrogen and oxygen atoms in total. The van der Waals surface area contributed by atoms with E-state index in [1.54, 1.807) is 48.0 Å². The fraction of sp³-hybridized carbons (Fsp3) is 0.176. The van der Waals surface area contributed by atoms with Crippen LogP contribution >= 0.6 is 0 Å². The van der Waals surface area contributed by atoms with Gasteiger partial charge < -0.3 is 4.74 Å². The van der Waals surface area contributed by atoms with E-state index in [1.807, 2.05) is 6.07 Å². The Kier molecular flexibility index (Phi) is 4.23. The van der Waals surface area contributed by atoms with E-state index < -0.39 is 10.0 Å².